The Kier molecular flexibility index (Phi) is 8.79. The molecule has 0 fully saturated rings. The summed E-state index contributed by atoms with van der Waals surface area (Å²) in [7, 11) is 1.55. The van der Waals surface area contributed by atoms with Crippen molar-refractivity contribution < 1.29 is 27.4 Å². The second-order valence-electron chi connectivity index (χ2n) is 6.38. The average Bonchev–Trinajstić information content (AvgIpc) is 2.69. The summed E-state index contributed by atoms with van der Waals surface area (Å²) in [4.78, 5) is 14.2. The van der Waals surface area contributed by atoms with Gasteiger partial charge in [-0.2, -0.15) is 0 Å². The van der Waals surface area contributed by atoms with Crippen molar-refractivity contribution in [2.24, 2.45) is 0 Å². The van der Waals surface area contributed by atoms with Crippen LogP contribution in [0.15, 0.2) is 54.6 Å². The van der Waals surface area contributed by atoms with Gasteiger partial charge in [-0.3, -0.25) is 0 Å². The highest BCUT2D eigenvalue weighted by molar-refractivity contribution is 5.74. The first-order valence-electron chi connectivity index (χ1n) is 9.28. The number of carbonyl (C=O) groups excluding carboxylic acids is 1. The fourth-order valence-corrected chi connectivity index (χ4v) is 2.79. The lowest BCUT2D eigenvalue weighted by atomic mass is 10.1. The first-order chi connectivity index (χ1) is 13.9. The SMILES string of the molecule is COCCN(CCCc1ccccc1)C(=O)NCc1ccccc1OC(F)(F)F. The van der Waals surface area contributed by atoms with Gasteiger partial charge < -0.3 is 19.7 Å². The van der Waals surface area contributed by atoms with Crippen molar-refractivity contribution in [2.75, 3.05) is 26.8 Å². The van der Waals surface area contributed by atoms with Crippen LogP contribution in [0.1, 0.15) is 17.5 Å². The lowest BCUT2D eigenvalue weighted by molar-refractivity contribution is -0.274. The van der Waals surface area contributed by atoms with Gasteiger partial charge in [-0.25, -0.2) is 4.79 Å². The molecule has 0 aliphatic rings. The number of halogens is 3. The van der Waals surface area contributed by atoms with Gasteiger partial charge in [0.1, 0.15) is 5.75 Å². The number of benzene rings is 2. The number of rotatable bonds is 10. The molecule has 0 unspecified atom stereocenters. The minimum absolute atomic E-state index is 0.0761. The van der Waals surface area contributed by atoms with Crippen LogP contribution in [-0.2, 0) is 17.7 Å². The Morgan fingerprint density at radius 3 is 2.41 bits per heavy atom. The minimum atomic E-state index is -4.79. The smallest absolute Gasteiger partial charge is 0.405 e. The number of nitrogens with one attached hydrogen (secondary N) is 1. The Bertz CT molecular complexity index is 754. The molecular formula is C21H25F3N2O3. The number of nitrogens with zero attached hydrogens (tertiary/aromatic N) is 1. The largest absolute Gasteiger partial charge is 0.573 e. The number of hydrogen-bond acceptors (Lipinski definition) is 3. The highest BCUT2D eigenvalue weighted by Gasteiger charge is 2.32. The Hall–Kier alpha value is -2.74. The molecule has 0 spiro atoms. The molecular weight excluding hydrogens is 385 g/mol. The predicted molar refractivity (Wildman–Crippen MR) is 104 cm³/mol. The van der Waals surface area contributed by atoms with E-state index >= 15 is 0 Å². The summed E-state index contributed by atoms with van der Waals surface area (Å²) in [5.74, 6) is -0.326. The number of carbonyl (C=O) groups is 1. The van der Waals surface area contributed by atoms with Crippen molar-refractivity contribution in [1.29, 1.82) is 0 Å². The molecule has 0 aliphatic carbocycles. The third-order valence-corrected chi connectivity index (χ3v) is 4.22. The van der Waals surface area contributed by atoms with E-state index in [0.29, 0.717) is 19.7 Å². The van der Waals surface area contributed by atoms with E-state index in [2.05, 4.69) is 10.1 Å². The molecule has 0 saturated carbocycles. The van der Waals surface area contributed by atoms with Gasteiger partial charge in [0.25, 0.3) is 0 Å². The number of para-hydroxylation sites is 1. The second-order valence-corrected chi connectivity index (χ2v) is 6.38. The third-order valence-electron chi connectivity index (χ3n) is 4.22. The van der Waals surface area contributed by atoms with Crippen molar-refractivity contribution >= 4 is 6.03 Å². The summed E-state index contributed by atoms with van der Waals surface area (Å²) in [6.07, 6.45) is -3.21. The van der Waals surface area contributed by atoms with Crippen molar-refractivity contribution in [1.82, 2.24) is 10.2 Å². The molecule has 0 aromatic heterocycles. The number of methoxy groups -OCH3 is 1. The maximum absolute atomic E-state index is 12.6. The van der Waals surface area contributed by atoms with E-state index in [4.69, 9.17) is 4.74 Å². The lowest BCUT2D eigenvalue weighted by Gasteiger charge is -2.23. The van der Waals surface area contributed by atoms with E-state index < -0.39 is 6.36 Å². The van der Waals surface area contributed by atoms with Gasteiger partial charge in [0, 0.05) is 32.3 Å². The Balaban J connectivity index is 1.92. The van der Waals surface area contributed by atoms with Crippen LogP contribution in [0.4, 0.5) is 18.0 Å². The van der Waals surface area contributed by atoms with Gasteiger partial charge >= 0.3 is 12.4 Å². The molecule has 0 aliphatic heterocycles. The molecule has 158 valence electrons. The first kappa shape index (κ1) is 22.5. The summed E-state index contributed by atoms with van der Waals surface area (Å²) in [6.45, 7) is 1.18. The fourth-order valence-electron chi connectivity index (χ4n) is 2.79. The van der Waals surface area contributed by atoms with Gasteiger partial charge in [-0.1, -0.05) is 48.5 Å². The molecule has 2 aromatic carbocycles. The number of aryl methyl sites for hydroxylation is 1. The van der Waals surface area contributed by atoms with Crippen molar-refractivity contribution in [3.63, 3.8) is 0 Å². The quantitative estimate of drug-likeness (QED) is 0.633. The van der Waals surface area contributed by atoms with Crippen LogP contribution in [0.25, 0.3) is 0 Å². The van der Waals surface area contributed by atoms with E-state index in [9.17, 15) is 18.0 Å². The summed E-state index contributed by atoms with van der Waals surface area (Å²) < 4.78 is 46.7. The molecule has 8 heteroatoms. The van der Waals surface area contributed by atoms with Crippen LogP contribution in [0.2, 0.25) is 0 Å². The van der Waals surface area contributed by atoms with Crippen molar-refractivity contribution in [3.8, 4) is 5.75 Å². The van der Waals surface area contributed by atoms with E-state index in [1.165, 1.54) is 23.8 Å². The Labute approximate surface area is 168 Å². The highest BCUT2D eigenvalue weighted by atomic mass is 19.4. The van der Waals surface area contributed by atoms with E-state index in [0.717, 1.165) is 12.8 Å². The normalized spacial score (nSPS) is 11.2. The fraction of sp³-hybridized carbons (Fsp3) is 0.381. The van der Waals surface area contributed by atoms with Crippen LogP contribution < -0.4 is 10.1 Å². The van der Waals surface area contributed by atoms with Gasteiger partial charge in [0.15, 0.2) is 0 Å². The zero-order valence-corrected chi connectivity index (χ0v) is 16.2. The number of alkyl halides is 3. The molecule has 5 nitrogen and oxygen atoms in total. The molecule has 0 atom stereocenters. The summed E-state index contributed by atoms with van der Waals surface area (Å²) in [5, 5.41) is 2.67. The van der Waals surface area contributed by atoms with Crippen LogP contribution in [0.5, 0.6) is 5.75 Å². The van der Waals surface area contributed by atoms with E-state index in [1.54, 1.807) is 18.1 Å². The average molecular weight is 410 g/mol. The molecule has 1 N–H and O–H groups in total. The number of ether oxygens (including phenoxy) is 2. The van der Waals surface area contributed by atoms with Gasteiger partial charge in [-0.05, 0) is 24.5 Å². The van der Waals surface area contributed by atoms with Crippen LogP contribution >= 0.6 is 0 Å². The summed E-state index contributed by atoms with van der Waals surface area (Å²) >= 11 is 0. The molecule has 0 saturated heterocycles. The predicted octanol–water partition coefficient (Wildman–Crippen LogP) is 4.38. The molecule has 2 rings (SSSR count). The Morgan fingerprint density at radius 1 is 1.03 bits per heavy atom. The Morgan fingerprint density at radius 2 is 1.72 bits per heavy atom. The van der Waals surface area contributed by atoms with E-state index in [-0.39, 0.29) is 23.9 Å². The molecule has 2 aromatic rings. The summed E-state index contributed by atoms with van der Waals surface area (Å²) in [6, 6.07) is 15.3. The minimum Gasteiger partial charge on any atom is -0.405 e. The molecule has 0 radical (unpaired) electrons. The lowest BCUT2D eigenvalue weighted by Crippen LogP contribution is -2.42. The molecule has 0 heterocycles. The maximum atomic E-state index is 12.6. The third kappa shape index (κ3) is 8.43. The highest BCUT2D eigenvalue weighted by Crippen LogP contribution is 2.26. The molecule has 29 heavy (non-hydrogen) atoms. The number of hydrogen-bond donors (Lipinski definition) is 1. The monoisotopic (exact) mass is 410 g/mol. The van der Waals surface area contributed by atoms with E-state index in [1.807, 2.05) is 30.3 Å². The van der Waals surface area contributed by atoms with Crippen molar-refractivity contribution in [3.05, 3.63) is 65.7 Å². The topological polar surface area (TPSA) is 50.8 Å². The van der Waals surface area contributed by atoms with Crippen LogP contribution in [-0.4, -0.2) is 44.1 Å². The van der Waals surface area contributed by atoms with Crippen LogP contribution in [0.3, 0.4) is 0 Å². The van der Waals surface area contributed by atoms with Gasteiger partial charge in [-0.15, -0.1) is 13.2 Å². The van der Waals surface area contributed by atoms with Gasteiger partial charge in [0.2, 0.25) is 0 Å². The summed E-state index contributed by atoms with van der Waals surface area (Å²) in [5.41, 5.74) is 1.42. The molecule has 0 bridgehead atoms. The zero-order chi connectivity index (χ0) is 21.1. The van der Waals surface area contributed by atoms with Crippen molar-refractivity contribution in [2.45, 2.75) is 25.7 Å². The first-order valence-corrected chi connectivity index (χ1v) is 9.28. The zero-order valence-electron chi connectivity index (χ0n) is 16.2. The number of amides is 2. The maximum Gasteiger partial charge on any atom is 0.573 e. The molecule has 2 amide bonds. The van der Waals surface area contributed by atoms with Gasteiger partial charge in [0.05, 0.1) is 6.61 Å². The standard InChI is InChI=1S/C21H25F3N2O3/c1-28-15-14-26(13-7-10-17-8-3-2-4-9-17)20(27)25-16-18-11-5-6-12-19(18)29-21(22,23)24/h2-6,8-9,11-12H,7,10,13-16H2,1H3,(H,25,27). The second kappa shape index (κ2) is 11.3. The van der Waals surface area contributed by atoms with Crippen LogP contribution in [0, 0.1) is 0 Å². The number of urea groups is 1.